The number of nitrogens with zero attached hydrogens (tertiary/aromatic N) is 1. The predicted molar refractivity (Wildman–Crippen MR) is 47.6 cm³/mol. The molecule has 1 saturated heterocycles. The second-order valence-electron chi connectivity index (χ2n) is 4.03. The van der Waals surface area contributed by atoms with Gasteiger partial charge in [0, 0.05) is 12.1 Å². The van der Waals surface area contributed by atoms with Gasteiger partial charge < -0.3 is 0 Å². The highest BCUT2D eigenvalue weighted by Gasteiger charge is 2.44. The van der Waals surface area contributed by atoms with Gasteiger partial charge in [0.15, 0.2) is 0 Å². The topological polar surface area (TPSA) is 3.24 Å². The Morgan fingerprint density at radius 2 is 2.09 bits per heavy atom. The van der Waals surface area contributed by atoms with Crippen molar-refractivity contribution < 1.29 is 0 Å². The molecule has 0 aromatic heterocycles. The Labute approximate surface area is 69.8 Å². The molecule has 2 fully saturated rings. The van der Waals surface area contributed by atoms with Crippen LogP contribution in [0.1, 0.15) is 39.5 Å². The van der Waals surface area contributed by atoms with Crippen LogP contribution in [0.5, 0.6) is 0 Å². The van der Waals surface area contributed by atoms with Gasteiger partial charge in [-0.2, -0.15) is 0 Å². The maximum absolute atomic E-state index is 2.73. The van der Waals surface area contributed by atoms with Crippen LogP contribution in [0.15, 0.2) is 0 Å². The first-order chi connectivity index (χ1) is 5.36. The van der Waals surface area contributed by atoms with Gasteiger partial charge in [-0.3, -0.25) is 4.90 Å². The van der Waals surface area contributed by atoms with Gasteiger partial charge in [0.25, 0.3) is 0 Å². The zero-order chi connectivity index (χ0) is 7.84. The third kappa shape index (κ3) is 1.01. The summed E-state index contributed by atoms with van der Waals surface area (Å²) in [5.41, 5.74) is 0. The average molecular weight is 153 g/mol. The Morgan fingerprint density at radius 1 is 1.27 bits per heavy atom. The van der Waals surface area contributed by atoms with E-state index in [1.807, 2.05) is 0 Å². The molecule has 3 unspecified atom stereocenters. The van der Waals surface area contributed by atoms with Crippen molar-refractivity contribution in [3.05, 3.63) is 0 Å². The lowest BCUT2D eigenvalue weighted by Crippen LogP contribution is -2.41. The lowest BCUT2D eigenvalue weighted by molar-refractivity contribution is 0.125. The molecule has 0 radical (unpaired) electrons. The van der Waals surface area contributed by atoms with Crippen molar-refractivity contribution in [2.75, 3.05) is 6.54 Å². The lowest BCUT2D eigenvalue weighted by Gasteiger charge is -2.36. The van der Waals surface area contributed by atoms with E-state index in [9.17, 15) is 0 Å². The highest BCUT2D eigenvalue weighted by atomic mass is 15.2. The Bertz CT molecular complexity index is 144. The van der Waals surface area contributed by atoms with Crippen molar-refractivity contribution in [3.63, 3.8) is 0 Å². The van der Waals surface area contributed by atoms with Gasteiger partial charge in [-0.1, -0.05) is 13.8 Å². The van der Waals surface area contributed by atoms with Gasteiger partial charge in [-0.15, -0.1) is 0 Å². The van der Waals surface area contributed by atoms with E-state index in [4.69, 9.17) is 0 Å². The van der Waals surface area contributed by atoms with Gasteiger partial charge >= 0.3 is 0 Å². The smallest absolute Gasteiger partial charge is 0.0127 e. The number of hydrogen-bond donors (Lipinski definition) is 0. The first kappa shape index (κ1) is 7.60. The van der Waals surface area contributed by atoms with E-state index in [0.717, 1.165) is 18.0 Å². The zero-order valence-electron chi connectivity index (χ0n) is 7.71. The minimum atomic E-state index is 0.928. The molecule has 0 aromatic rings. The molecule has 2 rings (SSSR count). The van der Waals surface area contributed by atoms with Crippen LogP contribution in [0.2, 0.25) is 0 Å². The maximum Gasteiger partial charge on any atom is 0.0127 e. The number of hydrogen-bond acceptors (Lipinski definition) is 1. The van der Waals surface area contributed by atoms with Crippen LogP contribution in [0.3, 0.4) is 0 Å². The number of likely N-dealkylation sites (tertiary alicyclic amines) is 1. The highest BCUT2D eigenvalue weighted by Crippen LogP contribution is 2.43. The molecule has 1 aliphatic heterocycles. The Hall–Kier alpha value is -0.0400. The van der Waals surface area contributed by atoms with Crippen molar-refractivity contribution in [2.24, 2.45) is 5.92 Å². The standard InChI is InChI=1S/C10H19N/c1-3-9-7-8-5-6-10(8)11(9)4-2/h8-10H,3-7H2,1-2H3. The number of fused-ring (bicyclic) bond motifs is 1. The molecule has 0 N–H and O–H groups in total. The molecule has 64 valence electrons. The Morgan fingerprint density at radius 3 is 2.55 bits per heavy atom. The van der Waals surface area contributed by atoms with Crippen LogP contribution < -0.4 is 0 Å². The van der Waals surface area contributed by atoms with Crippen molar-refractivity contribution in [3.8, 4) is 0 Å². The molecular formula is C10H19N. The largest absolute Gasteiger partial charge is 0.297 e. The molecule has 11 heavy (non-hydrogen) atoms. The summed E-state index contributed by atoms with van der Waals surface area (Å²) in [6.07, 6.45) is 5.85. The van der Waals surface area contributed by atoms with Crippen molar-refractivity contribution in [2.45, 2.75) is 51.6 Å². The normalized spacial score (nSPS) is 43.6. The summed E-state index contributed by atoms with van der Waals surface area (Å²) in [6, 6.07) is 1.92. The first-order valence-corrected chi connectivity index (χ1v) is 5.12. The zero-order valence-corrected chi connectivity index (χ0v) is 7.71. The quantitative estimate of drug-likeness (QED) is 0.588. The molecular weight excluding hydrogens is 134 g/mol. The molecule has 1 heteroatoms. The van der Waals surface area contributed by atoms with E-state index >= 15 is 0 Å². The van der Waals surface area contributed by atoms with Crippen LogP contribution in [-0.2, 0) is 0 Å². The summed E-state index contributed by atoms with van der Waals surface area (Å²) < 4.78 is 0. The Balaban J connectivity index is 2.02. The molecule has 0 spiro atoms. The van der Waals surface area contributed by atoms with Crippen molar-refractivity contribution in [1.82, 2.24) is 4.90 Å². The molecule has 1 nitrogen and oxygen atoms in total. The molecule has 1 aliphatic carbocycles. The third-order valence-corrected chi connectivity index (χ3v) is 3.68. The molecule has 0 bridgehead atoms. The van der Waals surface area contributed by atoms with E-state index in [2.05, 4.69) is 18.7 Å². The fraction of sp³-hybridized carbons (Fsp3) is 1.00. The van der Waals surface area contributed by atoms with Crippen LogP contribution in [0, 0.1) is 5.92 Å². The van der Waals surface area contributed by atoms with Crippen LogP contribution in [0.4, 0.5) is 0 Å². The fourth-order valence-electron chi connectivity index (χ4n) is 2.91. The third-order valence-electron chi connectivity index (χ3n) is 3.68. The van der Waals surface area contributed by atoms with Gasteiger partial charge in [0.1, 0.15) is 0 Å². The van der Waals surface area contributed by atoms with E-state index in [0.29, 0.717) is 0 Å². The first-order valence-electron chi connectivity index (χ1n) is 5.12. The second kappa shape index (κ2) is 2.78. The average Bonchev–Trinajstić information content (AvgIpc) is 2.23. The lowest BCUT2D eigenvalue weighted by atomic mass is 9.80. The van der Waals surface area contributed by atoms with Gasteiger partial charge in [0.05, 0.1) is 0 Å². The monoisotopic (exact) mass is 153 g/mol. The minimum absolute atomic E-state index is 0.928. The molecule has 1 heterocycles. The van der Waals surface area contributed by atoms with E-state index < -0.39 is 0 Å². The van der Waals surface area contributed by atoms with E-state index in [1.165, 1.54) is 32.2 Å². The molecule has 0 amide bonds. The molecule has 2 aliphatic rings. The Kier molecular flexibility index (Phi) is 1.92. The number of rotatable bonds is 2. The summed E-state index contributed by atoms with van der Waals surface area (Å²) in [4.78, 5) is 2.73. The minimum Gasteiger partial charge on any atom is -0.297 e. The van der Waals surface area contributed by atoms with Crippen LogP contribution in [-0.4, -0.2) is 23.5 Å². The SMILES string of the molecule is CCC1CC2CCC2N1CC. The fourth-order valence-corrected chi connectivity index (χ4v) is 2.91. The second-order valence-corrected chi connectivity index (χ2v) is 4.03. The van der Waals surface area contributed by atoms with Gasteiger partial charge in [0.2, 0.25) is 0 Å². The van der Waals surface area contributed by atoms with Crippen molar-refractivity contribution in [1.29, 1.82) is 0 Å². The summed E-state index contributed by atoms with van der Waals surface area (Å²) >= 11 is 0. The maximum atomic E-state index is 2.73. The molecule has 0 aromatic carbocycles. The highest BCUT2D eigenvalue weighted by molar-refractivity contribution is 4.99. The summed E-state index contributed by atoms with van der Waals surface area (Å²) in [5.74, 6) is 1.08. The van der Waals surface area contributed by atoms with Crippen LogP contribution >= 0.6 is 0 Å². The van der Waals surface area contributed by atoms with E-state index in [-0.39, 0.29) is 0 Å². The van der Waals surface area contributed by atoms with E-state index in [1.54, 1.807) is 0 Å². The molecule has 3 atom stereocenters. The summed E-state index contributed by atoms with van der Waals surface area (Å²) in [5, 5.41) is 0. The van der Waals surface area contributed by atoms with Crippen molar-refractivity contribution >= 4 is 0 Å². The van der Waals surface area contributed by atoms with Gasteiger partial charge in [-0.05, 0) is 38.1 Å². The summed E-state index contributed by atoms with van der Waals surface area (Å²) in [6.45, 7) is 5.92. The molecule has 1 saturated carbocycles. The predicted octanol–water partition coefficient (Wildman–Crippen LogP) is 2.27. The summed E-state index contributed by atoms with van der Waals surface area (Å²) in [7, 11) is 0. The van der Waals surface area contributed by atoms with Crippen LogP contribution in [0.25, 0.3) is 0 Å². The van der Waals surface area contributed by atoms with Gasteiger partial charge in [-0.25, -0.2) is 0 Å².